The van der Waals surface area contributed by atoms with E-state index in [0.29, 0.717) is 25.3 Å². The molecular weight excluding hydrogens is 292 g/mol. The molecule has 2 unspecified atom stereocenters. The maximum atomic E-state index is 11.9. The van der Waals surface area contributed by atoms with Crippen LogP contribution in [-0.4, -0.2) is 54.2 Å². The van der Waals surface area contributed by atoms with Gasteiger partial charge in [0.1, 0.15) is 11.9 Å². The van der Waals surface area contributed by atoms with Gasteiger partial charge < -0.3 is 14.5 Å². The fourth-order valence-corrected chi connectivity index (χ4v) is 3.64. The number of nitrogens with zero attached hydrogens (tertiary/aromatic N) is 4. The van der Waals surface area contributed by atoms with Gasteiger partial charge >= 0.3 is 0 Å². The first-order chi connectivity index (χ1) is 11.0. The Morgan fingerprint density at radius 1 is 1.43 bits per heavy atom. The normalized spacial score (nSPS) is 24.1. The van der Waals surface area contributed by atoms with Crippen LogP contribution < -0.4 is 4.90 Å². The Labute approximate surface area is 136 Å². The van der Waals surface area contributed by atoms with Crippen molar-refractivity contribution in [2.75, 3.05) is 31.1 Å². The van der Waals surface area contributed by atoms with Crippen molar-refractivity contribution in [3.8, 4) is 6.07 Å². The van der Waals surface area contributed by atoms with Crippen LogP contribution >= 0.6 is 0 Å². The minimum Gasteiger partial charge on any atom is -0.374 e. The fourth-order valence-electron chi connectivity index (χ4n) is 3.64. The minimum atomic E-state index is 0.0316. The molecule has 0 radical (unpaired) electrons. The maximum Gasteiger partial charge on any atom is 0.219 e. The third kappa shape index (κ3) is 2.89. The quantitative estimate of drug-likeness (QED) is 0.783. The molecule has 0 aliphatic carbocycles. The third-order valence-corrected chi connectivity index (χ3v) is 4.73. The molecule has 2 saturated heterocycles. The van der Waals surface area contributed by atoms with Gasteiger partial charge in [-0.15, -0.1) is 0 Å². The van der Waals surface area contributed by atoms with Gasteiger partial charge in [-0.1, -0.05) is 0 Å². The Balaban J connectivity index is 1.91. The summed E-state index contributed by atoms with van der Waals surface area (Å²) in [6.07, 6.45) is 0.925. The molecule has 3 heterocycles. The second kappa shape index (κ2) is 6.17. The smallest absolute Gasteiger partial charge is 0.219 e. The number of hydrogen-bond acceptors (Lipinski definition) is 5. The standard InChI is InChI=1S/C17H22N4O2/c1-11-8-12(2)19-17(14(11)9-18)20-5-4-16-15(10-20)21(13(3)22)6-7-23-16/h8,15-16H,4-7,10H2,1-3H3. The van der Waals surface area contributed by atoms with Crippen molar-refractivity contribution in [3.63, 3.8) is 0 Å². The Hall–Kier alpha value is -2.13. The molecule has 3 rings (SSSR count). The number of carbonyl (C=O) groups is 1. The summed E-state index contributed by atoms with van der Waals surface area (Å²) in [5.41, 5.74) is 2.47. The van der Waals surface area contributed by atoms with Crippen molar-refractivity contribution in [2.24, 2.45) is 0 Å². The lowest BCUT2D eigenvalue weighted by molar-refractivity contribution is -0.145. The van der Waals surface area contributed by atoms with Crippen LogP contribution in [0.15, 0.2) is 6.07 Å². The van der Waals surface area contributed by atoms with E-state index in [1.54, 1.807) is 6.92 Å². The predicted molar refractivity (Wildman–Crippen MR) is 86.2 cm³/mol. The van der Waals surface area contributed by atoms with E-state index < -0.39 is 0 Å². The lowest BCUT2D eigenvalue weighted by Crippen LogP contribution is -2.61. The molecule has 2 fully saturated rings. The third-order valence-electron chi connectivity index (χ3n) is 4.73. The average Bonchev–Trinajstić information content (AvgIpc) is 2.53. The van der Waals surface area contributed by atoms with Crippen LogP contribution in [0.4, 0.5) is 5.82 Å². The van der Waals surface area contributed by atoms with E-state index >= 15 is 0 Å². The van der Waals surface area contributed by atoms with E-state index in [4.69, 9.17) is 4.74 Å². The maximum absolute atomic E-state index is 11.9. The van der Waals surface area contributed by atoms with Gasteiger partial charge in [0.25, 0.3) is 0 Å². The number of rotatable bonds is 1. The zero-order valence-electron chi connectivity index (χ0n) is 13.9. The van der Waals surface area contributed by atoms with E-state index in [9.17, 15) is 10.1 Å². The largest absolute Gasteiger partial charge is 0.374 e. The number of pyridine rings is 1. The molecule has 6 nitrogen and oxygen atoms in total. The first kappa shape index (κ1) is 15.8. The number of ether oxygens (including phenoxy) is 1. The van der Waals surface area contributed by atoms with Crippen molar-refractivity contribution >= 4 is 11.7 Å². The van der Waals surface area contributed by atoms with Crippen LogP contribution in [0.25, 0.3) is 0 Å². The fraction of sp³-hybridized carbons (Fsp3) is 0.588. The summed E-state index contributed by atoms with van der Waals surface area (Å²) in [7, 11) is 0. The number of fused-ring (bicyclic) bond motifs is 1. The van der Waals surface area contributed by atoms with Crippen molar-refractivity contribution < 1.29 is 9.53 Å². The van der Waals surface area contributed by atoms with Gasteiger partial charge in [0, 0.05) is 32.3 Å². The molecule has 0 aromatic carbocycles. The molecule has 6 heteroatoms. The summed E-state index contributed by atoms with van der Waals surface area (Å²) < 4.78 is 5.84. The lowest BCUT2D eigenvalue weighted by atomic mass is 9.97. The average molecular weight is 314 g/mol. The zero-order chi connectivity index (χ0) is 16.6. The number of morpholine rings is 1. The number of piperidine rings is 1. The summed E-state index contributed by atoms with van der Waals surface area (Å²) in [6.45, 7) is 8.18. The molecule has 2 aliphatic rings. The van der Waals surface area contributed by atoms with Gasteiger partial charge in [-0.05, 0) is 31.9 Å². The summed E-state index contributed by atoms with van der Waals surface area (Å²) in [4.78, 5) is 20.5. The number of carbonyl (C=O) groups excluding carboxylic acids is 1. The van der Waals surface area contributed by atoms with Crippen LogP contribution in [0, 0.1) is 25.2 Å². The van der Waals surface area contributed by atoms with E-state index in [-0.39, 0.29) is 18.1 Å². The molecule has 0 bridgehead atoms. The highest BCUT2D eigenvalue weighted by Gasteiger charge is 2.39. The SMILES string of the molecule is CC(=O)N1CCOC2CCN(c3nc(C)cc(C)c3C#N)CC21. The molecule has 0 saturated carbocycles. The number of anilines is 1. The topological polar surface area (TPSA) is 69.5 Å². The molecule has 1 amide bonds. The number of aryl methyl sites for hydroxylation is 2. The highest BCUT2D eigenvalue weighted by Crippen LogP contribution is 2.29. The van der Waals surface area contributed by atoms with Crippen molar-refractivity contribution in [3.05, 3.63) is 22.9 Å². The highest BCUT2D eigenvalue weighted by molar-refractivity contribution is 5.74. The van der Waals surface area contributed by atoms with Crippen LogP contribution in [-0.2, 0) is 9.53 Å². The van der Waals surface area contributed by atoms with Crippen LogP contribution in [0.2, 0.25) is 0 Å². The molecule has 23 heavy (non-hydrogen) atoms. The van der Waals surface area contributed by atoms with Crippen molar-refractivity contribution in [1.82, 2.24) is 9.88 Å². The summed E-state index contributed by atoms with van der Waals surface area (Å²) in [6, 6.07) is 4.24. The Kier molecular flexibility index (Phi) is 4.22. The molecule has 122 valence electrons. The second-order valence-corrected chi connectivity index (χ2v) is 6.31. The van der Waals surface area contributed by atoms with E-state index in [2.05, 4.69) is 16.0 Å². The highest BCUT2D eigenvalue weighted by atomic mass is 16.5. The van der Waals surface area contributed by atoms with E-state index in [0.717, 1.165) is 30.0 Å². The molecule has 2 aliphatic heterocycles. The number of amides is 1. The van der Waals surface area contributed by atoms with Crippen LogP contribution in [0.3, 0.4) is 0 Å². The summed E-state index contributed by atoms with van der Waals surface area (Å²) in [5, 5.41) is 9.49. The van der Waals surface area contributed by atoms with E-state index in [1.807, 2.05) is 24.8 Å². The number of aromatic nitrogens is 1. The Morgan fingerprint density at radius 3 is 2.91 bits per heavy atom. The summed E-state index contributed by atoms with van der Waals surface area (Å²) >= 11 is 0. The molecule has 1 aromatic heterocycles. The van der Waals surface area contributed by atoms with Gasteiger partial charge in [-0.25, -0.2) is 4.98 Å². The van der Waals surface area contributed by atoms with Crippen molar-refractivity contribution in [1.29, 1.82) is 5.26 Å². The number of hydrogen-bond donors (Lipinski definition) is 0. The summed E-state index contributed by atoms with van der Waals surface area (Å²) in [5.74, 6) is 0.816. The van der Waals surface area contributed by atoms with Gasteiger partial charge in [0.15, 0.2) is 0 Å². The first-order valence-electron chi connectivity index (χ1n) is 8.03. The van der Waals surface area contributed by atoms with Crippen molar-refractivity contribution in [2.45, 2.75) is 39.3 Å². The molecule has 1 aromatic rings. The molecular formula is C17H22N4O2. The van der Waals surface area contributed by atoms with E-state index in [1.165, 1.54) is 0 Å². The second-order valence-electron chi connectivity index (χ2n) is 6.31. The monoisotopic (exact) mass is 314 g/mol. The lowest BCUT2D eigenvalue weighted by Gasteiger charge is -2.47. The van der Waals surface area contributed by atoms with Gasteiger partial charge in [-0.2, -0.15) is 5.26 Å². The van der Waals surface area contributed by atoms with Gasteiger partial charge in [0.05, 0.1) is 24.3 Å². The predicted octanol–water partition coefficient (Wildman–Crippen LogP) is 1.40. The molecule has 2 atom stereocenters. The first-order valence-corrected chi connectivity index (χ1v) is 8.03. The Morgan fingerprint density at radius 2 is 2.22 bits per heavy atom. The Bertz CT molecular complexity index is 667. The zero-order valence-corrected chi connectivity index (χ0v) is 13.9. The van der Waals surface area contributed by atoms with Gasteiger partial charge in [-0.3, -0.25) is 4.79 Å². The minimum absolute atomic E-state index is 0.0316. The molecule has 0 N–H and O–H groups in total. The molecule has 0 spiro atoms. The van der Waals surface area contributed by atoms with Crippen LogP contribution in [0.5, 0.6) is 0 Å². The number of nitriles is 1. The van der Waals surface area contributed by atoms with Gasteiger partial charge in [0.2, 0.25) is 5.91 Å². The van der Waals surface area contributed by atoms with Crippen LogP contribution in [0.1, 0.15) is 30.2 Å².